The van der Waals surface area contributed by atoms with Gasteiger partial charge in [-0.15, -0.1) is 11.3 Å². The van der Waals surface area contributed by atoms with Gasteiger partial charge in [-0.3, -0.25) is 4.79 Å². The summed E-state index contributed by atoms with van der Waals surface area (Å²) >= 11 is 7.70. The van der Waals surface area contributed by atoms with Crippen molar-refractivity contribution in [1.82, 2.24) is 9.97 Å². The minimum absolute atomic E-state index is 0.125. The summed E-state index contributed by atoms with van der Waals surface area (Å²) in [6.45, 7) is 6.11. The fourth-order valence-electron chi connectivity index (χ4n) is 3.01. The molecule has 0 saturated heterocycles. The number of thiophene rings is 1. The van der Waals surface area contributed by atoms with E-state index in [9.17, 15) is 9.90 Å². The van der Waals surface area contributed by atoms with Gasteiger partial charge in [-0.1, -0.05) is 25.1 Å². The number of aromatic nitrogens is 2. The Kier molecular flexibility index (Phi) is 5.16. The Bertz CT molecular complexity index is 1000. The van der Waals surface area contributed by atoms with Gasteiger partial charge in [-0.05, 0) is 48.6 Å². The van der Waals surface area contributed by atoms with E-state index >= 15 is 0 Å². The van der Waals surface area contributed by atoms with Crippen molar-refractivity contribution in [1.29, 1.82) is 0 Å². The number of fused-ring (bicyclic) bond motifs is 1. The van der Waals surface area contributed by atoms with Gasteiger partial charge in [-0.2, -0.15) is 4.98 Å². The highest BCUT2D eigenvalue weighted by Gasteiger charge is 2.22. The molecule has 3 rings (SSSR count). The highest BCUT2D eigenvalue weighted by Crippen LogP contribution is 2.43. The minimum atomic E-state index is -0.922. The molecule has 136 valence electrons. The van der Waals surface area contributed by atoms with Gasteiger partial charge < -0.3 is 10.0 Å². The van der Waals surface area contributed by atoms with Crippen LogP contribution in [0.2, 0.25) is 5.28 Å². The smallest absolute Gasteiger partial charge is 0.323 e. The highest BCUT2D eigenvalue weighted by molar-refractivity contribution is 7.19. The largest absolute Gasteiger partial charge is 0.480 e. The minimum Gasteiger partial charge on any atom is -0.480 e. The molecule has 1 N–H and O–H groups in total. The molecule has 0 aliphatic carbocycles. The maximum absolute atomic E-state index is 11.2. The van der Waals surface area contributed by atoms with Gasteiger partial charge in [0.05, 0.1) is 5.39 Å². The average molecular weight is 390 g/mol. The van der Waals surface area contributed by atoms with Crippen molar-refractivity contribution in [3.63, 3.8) is 0 Å². The Hall–Kier alpha value is -2.18. The first kappa shape index (κ1) is 18.6. The molecule has 7 heteroatoms. The van der Waals surface area contributed by atoms with Crippen LogP contribution in [0.1, 0.15) is 22.9 Å². The number of aliphatic carboxylic acids is 1. The molecule has 2 aromatic heterocycles. The molecule has 0 bridgehead atoms. The Morgan fingerprint density at radius 2 is 2.00 bits per heavy atom. The highest BCUT2D eigenvalue weighted by atomic mass is 35.5. The fraction of sp³-hybridized carbons (Fsp3) is 0.316. The monoisotopic (exact) mass is 389 g/mol. The lowest BCUT2D eigenvalue weighted by atomic mass is 9.98. The van der Waals surface area contributed by atoms with E-state index in [-0.39, 0.29) is 11.8 Å². The van der Waals surface area contributed by atoms with Crippen LogP contribution in [0.25, 0.3) is 21.3 Å². The summed E-state index contributed by atoms with van der Waals surface area (Å²) < 4.78 is 0. The van der Waals surface area contributed by atoms with E-state index in [1.807, 2.05) is 0 Å². The SMILES string of the molecule is CCc1sc2nc(Cl)nc(N(C)CC(=O)O)c2c1-c1ccc(C)c(C)c1. The molecule has 0 fully saturated rings. The van der Waals surface area contributed by atoms with Gasteiger partial charge in [0, 0.05) is 17.5 Å². The number of likely N-dealkylation sites (N-methyl/N-ethyl adjacent to an activating group) is 1. The van der Waals surface area contributed by atoms with E-state index in [1.165, 1.54) is 16.0 Å². The first-order chi connectivity index (χ1) is 12.3. The molecule has 1 aromatic carbocycles. The number of hydrogen-bond acceptors (Lipinski definition) is 5. The van der Waals surface area contributed by atoms with Crippen LogP contribution in [0.3, 0.4) is 0 Å². The maximum Gasteiger partial charge on any atom is 0.323 e. The number of rotatable bonds is 5. The van der Waals surface area contributed by atoms with E-state index in [2.05, 4.69) is 48.9 Å². The third-order valence-corrected chi connectivity index (χ3v) is 5.83. The van der Waals surface area contributed by atoms with Crippen molar-refractivity contribution in [3.05, 3.63) is 39.5 Å². The summed E-state index contributed by atoms with van der Waals surface area (Å²) in [6.07, 6.45) is 0.850. The van der Waals surface area contributed by atoms with Gasteiger partial charge in [0.15, 0.2) is 0 Å². The van der Waals surface area contributed by atoms with Gasteiger partial charge in [-0.25, -0.2) is 4.98 Å². The standard InChI is InChI=1S/C19H20ClN3O2S/c1-5-13-15(12-7-6-10(2)11(3)8-12)16-17(23(4)9-14(24)25)21-19(20)22-18(16)26-13/h6-8H,5,9H2,1-4H3,(H,24,25). The van der Waals surface area contributed by atoms with E-state index in [0.29, 0.717) is 5.82 Å². The van der Waals surface area contributed by atoms with Crippen molar-refractivity contribution >= 4 is 44.9 Å². The molecular weight excluding hydrogens is 370 g/mol. The lowest BCUT2D eigenvalue weighted by molar-refractivity contribution is -0.135. The number of carbonyl (C=O) groups is 1. The summed E-state index contributed by atoms with van der Waals surface area (Å²) in [5, 5.41) is 10.2. The van der Waals surface area contributed by atoms with Crippen LogP contribution >= 0.6 is 22.9 Å². The van der Waals surface area contributed by atoms with Crippen molar-refractivity contribution in [3.8, 4) is 11.1 Å². The molecule has 3 aromatic rings. The summed E-state index contributed by atoms with van der Waals surface area (Å²) in [7, 11) is 1.71. The topological polar surface area (TPSA) is 66.3 Å². The summed E-state index contributed by atoms with van der Waals surface area (Å²) in [5.41, 5.74) is 4.60. The van der Waals surface area contributed by atoms with E-state index < -0.39 is 5.97 Å². The van der Waals surface area contributed by atoms with Gasteiger partial charge >= 0.3 is 5.97 Å². The first-order valence-electron chi connectivity index (χ1n) is 8.31. The third kappa shape index (κ3) is 3.39. The fourth-order valence-corrected chi connectivity index (χ4v) is 4.35. The zero-order valence-corrected chi connectivity index (χ0v) is 16.7. The normalized spacial score (nSPS) is 11.1. The summed E-state index contributed by atoms with van der Waals surface area (Å²) in [4.78, 5) is 23.5. The molecule has 0 saturated carbocycles. The zero-order chi connectivity index (χ0) is 19.0. The molecular formula is C19H20ClN3O2S. The maximum atomic E-state index is 11.2. The summed E-state index contributed by atoms with van der Waals surface area (Å²) in [6, 6.07) is 6.36. The number of halogens is 1. The van der Waals surface area contributed by atoms with Gasteiger partial charge in [0.2, 0.25) is 5.28 Å². The Morgan fingerprint density at radius 1 is 1.27 bits per heavy atom. The second-order valence-corrected chi connectivity index (χ2v) is 7.72. The molecule has 0 spiro atoms. The van der Waals surface area contributed by atoms with Gasteiger partial charge in [0.1, 0.15) is 17.2 Å². The molecule has 0 amide bonds. The number of anilines is 1. The Labute approximate surface area is 161 Å². The third-order valence-electron chi connectivity index (χ3n) is 4.43. The zero-order valence-electron chi connectivity index (χ0n) is 15.1. The van der Waals surface area contributed by atoms with Crippen molar-refractivity contribution < 1.29 is 9.90 Å². The van der Waals surface area contributed by atoms with Crippen molar-refractivity contribution in [2.75, 3.05) is 18.5 Å². The quantitative estimate of drug-likeness (QED) is 0.640. The molecule has 5 nitrogen and oxygen atoms in total. The predicted octanol–water partition coefficient (Wildman–Crippen LogP) is 4.71. The number of carboxylic acid groups (broad SMARTS) is 1. The lowest BCUT2D eigenvalue weighted by Gasteiger charge is -2.18. The second-order valence-electron chi connectivity index (χ2n) is 6.30. The van der Waals surface area contributed by atoms with Crippen LogP contribution in [0.4, 0.5) is 5.82 Å². The predicted molar refractivity (Wildman–Crippen MR) is 108 cm³/mol. The van der Waals surface area contributed by atoms with Crippen LogP contribution in [-0.2, 0) is 11.2 Å². The van der Waals surface area contributed by atoms with E-state index in [0.717, 1.165) is 27.8 Å². The van der Waals surface area contributed by atoms with E-state index in [1.54, 1.807) is 23.3 Å². The molecule has 0 unspecified atom stereocenters. The van der Waals surface area contributed by atoms with Gasteiger partial charge in [0.25, 0.3) is 0 Å². The number of nitrogens with zero attached hydrogens (tertiary/aromatic N) is 3. The molecule has 0 atom stereocenters. The van der Waals surface area contributed by atoms with Crippen molar-refractivity contribution in [2.24, 2.45) is 0 Å². The first-order valence-corrected chi connectivity index (χ1v) is 9.50. The summed E-state index contributed by atoms with van der Waals surface area (Å²) in [5.74, 6) is -0.374. The Morgan fingerprint density at radius 3 is 2.62 bits per heavy atom. The Balaban J connectivity index is 2.33. The average Bonchev–Trinajstić information content (AvgIpc) is 2.94. The molecule has 0 aliphatic rings. The lowest BCUT2D eigenvalue weighted by Crippen LogP contribution is -2.26. The second kappa shape index (κ2) is 7.21. The molecule has 26 heavy (non-hydrogen) atoms. The number of hydrogen-bond donors (Lipinski definition) is 1. The van der Waals surface area contributed by atoms with Crippen LogP contribution in [-0.4, -0.2) is 34.6 Å². The number of aryl methyl sites for hydroxylation is 3. The van der Waals surface area contributed by atoms with Crippen LogP contribution in [0, 0.1) is 13.8 Å². The molecule has 2 heterocycles. The number of carboxylic acids is 1. The van der Waals surface area contributed by atoms with Crippen molar-refractivity contribution in [2.45, 2.75) is 27.2 Å². The molecule has 0 radical (unpaired) electrons. The number of benzene rings is 1. The van der Waals surface area contributed by atoms with E-state index in [4.69, 9.17) is 11.6 Å². The van der Waals surface area contributed by atoms with Crippen LogP contribution in [0.5, 0.6) is 0 Å². The van der Waals surface area contributed by atoms with Crippen LogP contribution < -0.4 is 4.90 Å². The molecule has 0 aliphatic heterocycles. The van der Waals surface area contributed by atoms with Crippen LogP contribution in [0.15, 0.2) is 18.2 Å².